The van der Waals surface area contributed by atoms with Crippen molar-refractivity contribution in [1.82, 2.24) is 20.2 Å². The normalized spacial score (nSPS) is 19.0. The number of nitrogens with one attached hydrogen (secondary N) is 2. The lowest BCUT2D eigenvalue weighted by Crippen LogP contribution is -2.54. The van der Waals surface area contributed by atoms with Crippen molar-refractivity contribution in [2.75, 3.05) is 0 Å². The highest BCUT2D eigenvalue weighted by atomic mass is 16.4. The monoisotopic (exact) mass is 334 g/mol. The average molecular weight is 334 g/mol. The van der Waals surface area contributed by atoms with Gasteiger partial charge >= 0.3 is 12.0 Å². The second-order valence-electron chi connectivity index (χ2n) is 6.77. The summed E-state index contributed by atoms with van der Waals surface area (Å²) < 4.78 is 0. The topological polar surface area (TPSA) is 115 Å². The van der Waals surface area contributed by atoms with E-state index in [1.165, 1.54) is 4.90 Å². The number of carbonyl (C=O) groups is 2. The third-order valence-corrected chi connectivity index (χ3v) is 4.87. The summed E-state index contributed by atoms with van der Waals surface area (Å²) in [6.45, 7) is 2.18. The number of nitrogens with zero attached hydrogens (tertiary/aromatic N) is 2. The number of H-pyrrole nitrogens is 1. The predicted octanol–water partition coefficient (Wildman–Crippen LogP) is 1.28. The van der Waals surface area contributed by atoms with Gasteiger partial charge in [-0.2, -0.15) is 0 Å². The summed E-state index contributed by atoms with van der Waals surface area (Å²) in [6.07, 6.45) is 4.15. The van der Waals surface area contributed by atoms with Gasteiger partial charge in [0.1, 0.15) is 5.82 Å². The molecule has 24 heavy (non-hydrogen) atoms. The van der Waals surface area contributed by atoms with Gasteiger partial charge in [0, 0.05) is 0 Å². The van der Waals surface area contributed by atoms with E-state index in [0.717, 1.165) is 19.3 Å². The Morgan fingerprint density at radius 3 is 2.67 bits per heavy atom. The van der Waals surface area contributed by atoms with Crippen LogP contribution in [0.2, 0.25) is 0 Å². The smallest absolute Gasteiger partial charge is 0.318 e. The summed E-state index contributed by atoms with van der Waals surface area (Å²) in [6, 6.07) is -0.326. The maximum atomic E-state index is 12.6. The number of fused-ring (bicyclic) bond motifs is 1. The summed E-state index contributed by atoms with van der Waals surface area (Å²) in [7, 11) is 0. The minimum absolute atomic E-state index is 0.0720. The van der Waals surface area contributed by atoms with Crippen LogP contribution in [-0.4, -0.2) is 37.5 Å². The maximum absolute atomic E-state index is 12.6. The maximum Gasteiger partial charge on any atom is 0.318 e. The van der Waals surface area contributed by atoms with Gasteiger partial charge in [0.15, 0.2) is 0 Å². The van der Waals surface area contributed by atoms with Crippen LogP contribution in [0, 0.1) is 6.92 Å². The summed E-state index contributed by atoms with van der Waals surface area (Å²) in [5.41, 5.74) is 0.214. The number of aromatic nitrogens is 2. The molecule has 2 aliphatic rings. The van der Waals surface area contributed by atoms with Gasteiger partial charge < -0.3 is 20.3 Å². The van der Waals surface area contributed by atoms with Crippen LogP contribution < -0.4 is 10.9 Å². The minimum atomic E-state index is -0.907. The van der Waals surface area contributed by atoms with E-state index in [0.29, 0.717) is 29.9 Å². The molecule has 1 aliphatic heterocycles. The number of aryl methyl sites for hydroxylation is 1. The Balaban J connectivity index is 1.74. The van der Waals surface area contributed by atoms with Crippen molar-refractivity contribution in [3.8, 4) is 0 Å². The lowest BCUT2D eigenvalue weighted by Gasteiger charge is -2.38. The lowest BCUT2D eigenvalue weighted by molar-refractivity contribution is -0.139. The van der Waals surface area contributed by atoms with E-state index in [-0.39, 0.29) is 31.1 Å². The highest BCUT2D eigenvalue weighted by Crippen LogP contribution is 2.32. The SMILES string of the molecule is Cc1nc2c(c(=O)[nH]1)CN(C(=O)NC1(CC(=O)O)CCCCC1)C2. The van der Waals surface area contributed by atoms with Crippen LogP contribution in [0.4, 0.5) is 4.79 Å². The van der Waals surface area contributed by atoms with Crippen molar-refractivity contribution < 1.29 is 14.7 Å². The number of carboxylic acid groups (broad SMARTS) is 1. The number of hydrogen-bond acceptors (Lipinski definition) is 4. The lowest BCUT2D eigenvalue weighted by atomic mass is 9.79. The van der Waals surface area contributed by atoms with Crippen LogP contribution in [0.1, 0.15) is 55.6 Å². The van der Waals surface area contributed by atoms with Gasteiger partial charge in [-0.25, -0.2) is 9.78 Å². The highest BCUT2D eigenvalue weighted by Gasteiger charge is 2.38. The first-order valence-electron chi connectivity index (χ1n) is 8.26. The molecule has 0 bridgehead atoms. The molecule has 1 aliphatic carbocycles. The standard InChI is InChI=1S/C16H22N4O4/c1-10-17-12-9-20(8-11(12)14(23)18-10)15(24)19-16(7-13(21)22)5-3-2-4-6-16/h2-9H2,1H3,(H,19,24)(H,21,22)(H,17,18,23). The van der Waals surface area contributed by atoms with Crippen LogP contribution in [0.5, 0.6) is 0 Å². The third-order valence-electron chi connectivity index (χ3n) is 4.87. The van der Waals surface area contributed by atoms with E-state index in [1.807, 2.05) is 0 Å². The fourth-order valence-corrected chi connectivity index (χ4v) is 3.70. The van der Waals surface area contributed by atoms with E-state index < -0.39 is 11.5 Å². The zero-order valence-electron chi connectivity index (χ0n) is 13.7. The molecule has 130 valence electrons. The van der Waals surface area contributed by atoms with Crippen LogP contribution in [0.25, 0.3) is 0 Å². The fraction of sp³-hybridized carbons (Fsp3) is 0.625. The molecule has 1 aromatic heterocycles. The molecule has 8 nitrogen and oxygen atoms in total. The Morgan fingerprint density at radius 1 is 1.29 bits per heavy atom. The molecule has 1 fully saturated rings. The van der Waals surface area contributed by atoms with Crippen molar-refractivity contribution in [2.24, 2.45) is 0 Å². The molecule has 3 rings (SSSR count). The average Bonchev–Trinajstić information content (AvgIpc) is 2.91. The molecule has 0 atom stereocenters. The largest absolute Gasteiger partial charge is 0.481 e. The van der Waals surface area contributed by atoms with Crippen LogP contribution in [-0.2, 0) is 17.9 Å². The molecule has 2 amide bonds. The number of aliphatic carboxylic acids is 1. The number of urea groups is 1. The van der Waals surface area contributed by atoms with Crippen molar-refractivity contribution in [1.29, 1.82) is 0 Å². The van der Waals surface area contributed by atoms with E-state index in [2.05, 4.69) is 15.3 Å². The second-order valence-corrected chi connectivity index (χ2v) is 6.77. The Bertz CT molecular complexity index is 721. The molecule has 0 radical (unpaired) electrons. The number of amides is 2. The van der Waals surface area contributed by atoms with Crippen molar-refractivity contribution in [2.45, 2.75) is 64.1 Å². The molecule has 0 aromatic carbocycles. The first-order valence-corrected chi connectivity index (χ1v) is 8.26. The molecule has 0 saturated heterocycles. The number of carboxylic acids is 1. The van der Waals surface area contributed by atoms with Gasteiger partial charge in [0.25, 0.3) is 5.56 Å². The Morgan fingerprint density at radius 2 is 2.00 bits per heavy atom. The zero-order valence-corrected chi connectivity index (χ0v) is 13.7. The molecule has 8 heteroatoms. The first kappa shape index (κ1) is 16.5. The van der Waals surface area contributed by atoms with Gasteiger partial charge in [-0.3, -0.25) is 9.59 Å². The van der Waals surface area contributed by atoms with Gasteiger partial charge in [0.05, 0.1) is 36.3 Å². The molecule has 3 N–H and O–H groups in total. The van der Waals surface area contributed by atoms with Crippen LogP contribution in [0.15, 0.2) is 4.79 Å². The number of rotatable bonds is 3. The van der Waals surface area contributed by atoms with Crippen LogP contribution in [0.3, 0.4) is 0 Å². The quantitative estimate of drug-likeness (QED) is 0.770. The zero-order chi connectivity index (χ0) is 17.3. The van der Waals surface area contributed by atoms with Gasteiger partial charge in [-0.15, -0.1) is 0 Å². The van der Waals surface area contributed by atoms with Gasteiger partial charge in [-0.1, -0.05) is 19.3 Å². The van der Waals surface area contributed by atoms with Crippen molar-refractivity contribution >= 4 is 12.0 Å². The molecule has 1 aromatic rings. The molecule has 0 unspecified atom stereocenters. The fourth-order valence-electron chi connectivity index (χ4n) is 3.70. The van der Waals surface area contributed by atoms with E-state index >= 15 is 0 Å². The van der Waals surface area contributed by atoms with E-state index in [1.54, 1.807) is 6.92 Å². The Kier molecular flexibility index (Phi) is 4.29. The van der Waals surface area contributed by atoms with Gasteiger partial charge in [0.2, 0.25) is 0 Å². The molecule has 2 heterocycles. The van der Waals surface area contributed by atoms with Crippen LogP contribution >= 0.6 is 0 Å². The first-order chi connectivity index (χ1) is 11.4. The molecular formula is C16H22N4O4. The van der Waals surface area contributed by atoms with E-state index in [4.69, 9.17) is 0 Å². The summed E-state index contributed by atoms with van der Waals surface area (Å²) in [5.74, 6) is -0.383. The van der Waals surface area contributed by atoms with Gasteiger partial charge in [-0.05, 0) is 19.8 Å². The van der Waals surface area contributed by atoms with Crippen molar-refractivity contribution in [3.05, 3.63) is 27.4 Å². The molecule has 0 spiro atoms. The van der Waals surface area contributed by atoms with Crippen molar-refractivity contribution in [3.63, 3.8) is 0 Å². The Labute approximate surface area is 139 Å². The van der Waals surface area contributed by atoms with E-state index in [9.17, 15) is 19.5 Å². The number of carbonyl (C=O) groups excluding carboxylic acids is 1. The third kappa shape index (κ3) is 3.27. The minimum Gasteiger partial charge on any atom is -0.481 e. The molecular weight excluding hydrogens is 312 g/mol. The summed E-state index contributed by atoms with van der Waals surface area (Å²) in [5, 5.41) is 12.1. The second kappa shape index (κ2) is 6.26. The number of hydrogen-bond donors (Lipinski definition) is 3. The molecule has 1 saturated carbocycles. The number of aromatic amines is 1. The highest BCUT2D eigenvalue weighted by molar-refractivity contribution is 5.77. The Hall–Kier alpha value is -2.38. The summed E-state index contributed by atoms with van der Waals surface area (Å²) >= 11 is 0. The summed E-state index contributed by atoms with van der Waals surface area (Å²) in [4.78, 5) is 44.3. The predicted molar refractivity (Wildman–Crippen MR) is 85.4 cm³/mol.